The summed E-state index contributed by atoms with van der Waals surface area (Å²) >= 11 is 5.88. The highest BCUT2D eigenvalue weighted by molar-refractivity contribution is 6.31. The van der Waals surface area contributed by atoms with Crippen molar-refractivity contribution in [3.63, 3.8) is 0 Å². The van der Waals surface area contributed by atoms with E-state index in [1.54, 1.807) is 25.1 Å². The van der Waals surface area contributed by atoms with Crippen LogP contribution in [0.2, 0.25) is 5.02 Å². The van der Waals surface area contributed by atoms with Gasteiger partial charge in [-0.1, -0.05) is 29.8 Å². The van der Waals surface area contributed by atoms with Gasteiger partial charge < -0.3 is 20.1 Å². The summed E-state index contributed by atoms with van der Waals surface area (Å²) in [6.07, 6.45) is 0. The average molecular weight is 413 g/mol. The van der Waals surface area contributed by atoms with E-state index in [9.17, 15) is 9.59 Å². The molecular weight excluding hydrogens is 392 g/mol. The first-order chi connectivity index (χ1) is 13.9. The molecule has 29 heavy (non-hydrogen) atoms. The van der Waals surface area contributed by atoms with Gasteiger partial charge in [0.05, 0.1) is 12.7 Å². The molecule has 0 atom stereocenters. The number of amides is 2. The largest absolute Gasteiger partial charge is 0.497 e. The summed E-state index contributed by atoms with van der Waals surface area (Å²) in [4.78, 5) is 25.5. The lowest BCUT2D eigenvalue weighted by Gasteiger charge is -2.18. The number of likely N-dealkylation sites (N-methyl/N-ethyl adjacent to an activating group) is 1. The summed E-state index contributed by atoms with van der Waals surface area (Å²) < 4.78 is 10.7. The third kappa shape index (κ3) is 4.97. The van der Waals surface area contributed by atoms with Crippen molar-refractivity contribution < 1.29 is 19.1 Å². The Morgan fingerprint density at radius 3 is 2.48 bits per heavy atom. The fraction of sp³-hybridized carbons (Fsp3) is 0.182. The number of halogens is 1. The molecule has 0 bridgehead atoms. The third-order valence-electron chi connectivity index (χ3n) is 4.52. The lowest BCUT2D eigenvalue weighted by molar-refractivity contribution is -0.132. The maximum Gasteiger partial charge on any atom is 0.260 e. The number of carbonyl (C=O) groups is 2. The van der Waals surface area contributed by atoms with Gasteiger partial charge in [-0.15, -0.1) is 0 Å². The average Bonchev–Trinajstić information content (AvgIpc) is 2.71. The Morgan fingerprint density at radius 1 is 1.03 bits per heavy atom. The molecule has 0 spiro atoms. The number of primary amides is 1. The van der Waals surface area contributed by atoms with Gasteiger partial charge in [0.2, 0.25) is 0 Å². The standard InChI is InChI=1S/C22H21ClN2O4/c1-25(12-14-3-4-16-10-18(28-2)7-5-15(16)9-14)21(26)13-29-20-8-6-17(23)11-19(20)22(24)27/h3-11H,12-13H2,1-2H3,(H2,24,27). The molecule has 0 aliphatic carbocycles. The first-order valence-electron chi connectivity index (χ1n) is 8.90. The Kier molecular flexibility index (Phi) is 6.24. The van der Waals surface area contributed by atoms with E-state index in [4.69, 9.17) is 26.8 Å². The van der Waals surface area contributed by atoms with Crippen molar-refractivity contribution in [3.8, 4) is 11.5 Å². The first-order valence-corrected chi connectivity index (χ1v) is 9.28. The van der Waals surface area contributed by atoms with Gasteiger partial charge in [0.1, 0.15) is 11.5 Å². The number of hydrogen-bond acceptors (Lipinski definition) is 4. The van der Waals surface area contributed by atoms with Gasteiger partial charge in [0, 0.05) is 18.6 Å². The number of nitrogens with two attached hydrogens (primary N) is 1. The third-order valence-corrected chi connectivity index (χ3v) is 4.75. The fourth-order valence-electron chi connectivity index (χ4n) is 2.93. The Morgan fingerprint density at radius 2 is 1.76 bits per heavy atom. The van der Waals surface area contributed by atoms with Crippen molar-refractivity contribution in [2.45, 2.75) is 6.54 Å². The lowest BCUT2D eigenvalue weighted by atomic mass is 10.1. The van der Waals surface area contributed by atoms with Crippen LogP contribution >= 0.6 is 11.6 Å². The van der Waals surface area contributed by atoms with Gasteiger partial charge in [0.15, 0.2) is 6.61 Å². The summed E-state index contributed by atoms with van der Waals surface area (Å²) in [5, 5.41) is 2.49. The molecule has 3 aromatic rings. The highest BCUT2D eigenvalue weighted by Gasteiger charge is 2.14. The minimum absolute atomic E-state index is 0.137. The molecule has 3 aromatic carbocycles. The normalized spacial score (nSPS) is 10.6. The van der Waals surface area contributed by atoms with Gasteiger partial charge in [-0.25, -0.2) is 0 Å². The highest BCUT2D eigenvalue weighted by Crippen LogP contribution is 2.24. The van der Waals surface area contributed by atoms with Gasteiger partial charge in [-0.3, -0.25) is 9.59 Å². The number of methoxy groups -OCH3 is 1. The van der Waals surface area contributed by atoms with E-state index in [-0.39, 0.29) is 23.8 Å². The summed E-state index contributed by atoms with van der Waals surface area (Å²) in [7, 11) is 3.33. The molecule has 0 unspecified atom stereocenters. The van der Waals surface area contributed by atoms with Crippen LogP contribution < -0.4 is 15.2 Å². The molecule has 150 valence electrons. The van der Waals surface area contributed by atoms with Crippen molar-refractivity contribution >= 4 is 34.2 Å². The van der Waals surface area contributed by atoms with Gasteiger partial charge in [-0.2, -0.15) is 0 Å². The van der Waals surface area contributed by atoms with E-state index in [0.29, 0.717) is 11.6 Å². The number of hydrogen-bond donors (Lipinski definition) is 1. The number of nitrogens with zero attached hydrogens (tertiary/aromatic N) is 1. The maximum atomic E-state index is 12.5. The second-order valence-electron chi connectivity index (χ2n) is 6.59. The summed E-state index contributed by atoms with van der Waals surface area (Å²) in [5.74, 6) is 0.122. The first kappa shape index (κ1) is 20.5. The number of benzene rings is 3. The smallest absolute Gasteiger partial charge is 0.260 e. The molecule has 6 nitrogen and oxygen atoms in total. The molecule has 0 heterocycles. The van der Waals surface area contributed by atoms with Crippen LogP contribution in [0.4, 0.5) is 0 Å². The molecule has 2 amide bonds. The van der Waals surface area contributed by atoms with Gasteiger partial charge in [0.25, 0.3) is 11.8 Å². The summed E-state index contributed by atoms with van der Waals surface area (Å²) in [5.41, 5.74) is 6.46. The molecule has 0 fully saturated rings. The molecule has 7 heteroatoms. The van der Waals surface area contributed by atoms with Gasteiger partial charge in [-0.05, 0) is 52.7 Å². The van der Waals surface area contributed by atoms with Crippen LogP contribution in [0.25, 0.3) is 10.8 Å². The van der Waals surface area contributed by atoms with Crippen LogP contribution in [-0.4, -0.2) is 37.5 Å². The van der Waals surface area contributed by atoms with Crippen molar-refractivity contribution in [2.24, 2.45) is 5.73 Å². The minimum Gasteiger partial charge on any atom is -0.497 e. The number of carbonyl (C=O) groups excluding carboxylic acids is 2. The van der Waals surface area contributed by atoms with Crippen molar-refractivity contribution in [1.29, 1.82) is 0 Å². The van der Waals surface area contributed by atoms with E-state index in [1.807, 2.05) is 36.4 Å². The Hall–Kier alpha value is -3.25. The van der Waals surface area contributed by atoms with Crippen LogP contribution in [0.3, 0.4) is 0 Å². The molecule has 0 aliphatic rings. The Labute approximate surface area is 173 Å². The molecule has 0 aliphatic heterocycles. The molecule has 0 saturated heterocycles. The highest BCUT2D eigenvalue weighted by atomic mass is 35.5. The fourth-order valence-corrected chi connectivity index (χ4v) is 3.10. The van der Waals surface area contributed by atoms with E-state index in [2.05, 4.69) is 0 Å². The van der Waals surface area contributed by atoms with Crippen LogP contribution in [0.15, 0.2) is 54.6 Å². The van der Waals surface area contributed by atoms with E-state index in [0.717, 1.165) is 22.1 Å². The van der Waals surface area contributed by atoms with E-state index in [1.165, 1.54) is 12.1 Å². The van der Waals surface area contributed by atoms with Crippen molar-refractivity contribution in [3.05, 3.63) is 70.7 Å². The summed E-state index contributed by atoms with van der Waals surface area (Å²) in [6.45, 7) is 0.205. The zero-order valence-electron chi connectivity index (χ0n) is 16.1. The van der Waals surface area contributed by atoms with Crippen molar-refractivity contribution in [2.75, 3.05) is 20.8 Å². The Bertz CT molecular complexity index is 1070. The topological polar surface area (TPSA) is 81.9 Å². The SMILES string of the molecule is COc1ccc2cc(CN(C)C(=O)COc3ccc(Cl)cc3C(N)=O)ccc2c1. The molecule has 3 rings (SSSR count). The van der Waals surface area contributed by atoms with E-state index >= 15 is 0 Å². The van der Waals surface area contributed by atoms with Crippen molar-refractivity contribution in [1.82, 2.24) is 4.90 Å². The zero-order chi connectivity index (χ0) is 21.0. The van der Waals surface area contributed by atoms with Crippen LogP contribution in [0.1, 0.15) is 15.9 Å². The maximum absolute atomic E-state index is 12.5. The predicted octanol–water partition coefficient (Wildman–Crippen LogP) is 3.64. The summed E-state index contributed by atoms with van der Waals surface area (Å²) in [6, 6.07) is 16.3. The Balaban J connectivity index is 1.65. The molecule has 2 N–H and O–H groups in total. The van der Waals surface area contributed by atoms with E-state index < -0.39 is 5.91 Å². The second kappa shape index (κ2) is 8.84. The number of fused-ring (bicyclic) bond motifs is 1. The van der Waals surface area contributed by atoms with Gasteiger partial charge >= 0.3 is 0 Å². The molecule has 0 saturated carbocycles. The monoisotopic (exact) mass is 412 g/mol. The second-order valence-corrected chi connectivity index (χ2v) is 7.03. The van der Waals surface area contributed by atoms with Crippen LogP contribution in [0.5, 0.6) is 11.5 Å². The molecule has 0 aromatic heterocycles. The quantitative estimate of drug-likeness (QED) is 0.642. The minimum atomic E-state index is -0.670. The number of rotatable bonds is 7. The van der Waals surface area contributed by atoms with Crippen LogP contribution in [0, 0.1) is 0 Å². The lowest BCUT2D eigenvalue weighted by Crippen LogP contribution is -2.31. The predicted molar refractivity (Wildman–Crippen MR) is 112 cm³/mol. The molecule has 0 radical (unpaired) electrons. The van der Waals surface area contributed by atoms with Crippen LogP contribution in [-0.2, 0) is 11.3 Å². The number of ether oxygens (including phenoxy) is 2. The molecular formula is C22H21ClN2O4. The zero-order valence-corrected chi connectivity index (χ0v) is 16.9.